The van der Waals surface area contributed by atoms with Crippen molar-refractivity contribution in [1.82, 2.24) is 5.32 Å². The average molecular weight is 231 g/mol. The maximum atomic E-state index is 11.5. The molecule has 2 rings (SSSR count). The molecule has 3 heteroatoms. The Bertz CT molecular complexity index is 386. The van der Waals surface area contributed by atoms with Crippen molar-refractivity contribution in [3.05, 3.63) is 42.5 Å². The quantitative estimate of drug-likeness (QED) is 0.812. The lowest BCUT2D eigenvalue weighted by Gasteiger charge is -2.17. The van der Waals surface area contributed by atoms with Gasteiger partial charge in [-0.15, -0.1) is 0 Å². The largest absolute Gasteiger partial charge is 0.412 e. The first-order valence-corrected chi connectivity index (χ1v) is 6.00. The lowest BCUT2D eigenvalue weighted by Crippen LogP contribution is -2.32. The summed E-state index contributed by atoms with van der Waals surface area (Å²) in [6.07, 6.45) is 7.30. The first-order valence-electron chi connectivity index (χ1n) is 6.00. The van der Waals surface area contributed by atoms with Crippen LogP contribution in [0.4, 0.5) is 4.79 Å². The summed E-state index contributed by atoms with van der Waals surface area (Å²) in [5, 5.41) is 2.81. The SMILES string of the molecule is O=C(NCC1CC=CCC1)Oc1ccccc1. The molecule has 1 N–H and O–H groups in total. The maximum absolute atomic E-state index is 11.5. The molecule has 0 bridgehead atoms. The van der Waals surface area contributed by atoms with Crippen LogP contribution in [0.3, 0.4) is 0 Å². The molecule has 1 aliphatic carbocycles. The lowest BCUT2D eigenvalue weighted by atomic mass is 9.94. The van der Waals surface area contributed by atoms with E-state index in [4.69, 9.17) is 4.74 Å². The topological polar surface area (TPSA) is 38.3 Å². The Kier molecular flexibility index (Phi) is 4.19. The molecule has 0 saturated heterocycles. The van der Waals surface area contributed by atoms with Crippen LogP contribution >= 0.6 is 0 Å². The number of amides is 1. The Morgan fingerprint density at radius 2 is 2.12 bits per heavy atom. The zero-order chi connectivity index (χ0) is 11.9. The Hall–Kier alpha value is -1.77. The Labute approximate surface area is 101 Å². The van der Waals surface area contributed by atoms with Crippen LogP contribution in [0.5, 0.6) is 5.75 Å². The molecule has 1 aliphatic rings. The number of rotatable bonds is 3. The molecule has 0 saturated carbocycles. The van der Waals surface area contributed by atoms with Gasteiger partial charge in [-0.05, 0) is 37.3 Å². The number of para-hydroxylation sites is 1. The Morgan fingerprint density at radius 1 is 1.29 bits per heavy atom. The first-order chi connectivity index (χ1) is 8.34. The summed E-state index contributed by atoms with van der Waals surface area (Å²) in [6, 6.07) is 9.11. The van der Waals surface area contributed by atoms with Crippen LogP contribution < -0.4 is 10.1 Å². The summed E-state index contributed by atoms with van der Waals surface area (Å²) in [5.41, 5.74) is 0. The molecule has 1 amide bonds. The number of ether oxygens (including phenoxy) is 1. The van der Waals surface area contributed by atoms with E-state index in [0.717, 1.165) is 19.3 Å². The second-order valence-corrected chi connectivity index (χ2v) is 4.23. The van der Waals surface area contributed by atoms with Gasteiger partial charge in [-0.25, -0.2) is 4.79 Å². The summed E-state index contributed by atoms with van der Waals surface area (Å²) in [4.78, 5) is 11.5. The van der Waals surface area contributed by atoms with Crippen molar-refractivity contribution in [1.29, 1.82) is 0 Å². The predicted molar refractivity (Wildman–Crippen MR) is 66.9 cm³/mol. The van der Waals surface area contributed by atoms with Crippen molar-refractivity contribution >= 4 is 6.09 Å². The lowest BCUT2D eigenvalue weighted by molar-refractivity contribution is 0.198. The standard InChI is InChI=1S/C14H17NO2/c16-14(17-13-9-5-2-6-10-13)15-11-12-7-3-1-4-8-12/h1-3,5-6,9-10,12H,4,7-8,11H2,(H,15,16). The minimum absolute atomic E-state index is 0.370. The monoisotopic (exact) mass is 231 g/mol. The van der Waals surface area contributed by atoms with Crippen LogP contribution in [0.1, 0.15) is 19.3 Å². The summed E-state index contributed by atoms with van der Waals surface area (Å²) >= 11 is 0. The summed E-state index contributed by atoms with van der Waals surface area (Å²) < 4.78 is 5.14. The van der Waals surface area contributed by atoms with E-state index in [1.807, 2.05) is 18.2 Å². The first kappa shape index (κ1) is 11.7. The molecule has 0 radical (unpaired) electrons. The van der Waals surface area contributed by atoms with Crippen molar-refractivity contribution in [2.24, 2.45) is 5.92 Å². The fraction of sp³-hybridized carbons (Fsp3) is 0.357. The highest BCUT2D eigenvalue weighted by atomic mass is 16.5. The van der Waals surface area contributed by atoms with Gasteiger partial charge in [0.05, 0.1) is 0 Å². The maximum Gasteiger partial charge on any atom is 0.412 e. The van der Waals surface area contributed by atoms with Gasteiger partial charge < -0.3 is 10.1 Å². The number of carbonyl (C=O) groups is 1. The van der Waals surface area contributed by atoms with Gasteiger partial charge in [-0.2, -0.15) is 0 Å². The molecule has 1 atom stereocenters. The fourth-order valence-electron chi connectivity index (χ4n) is 1.90. The van der Waals surface area contributed by atoms with Crippen molar-refractivity contribution < 1.29 is 9.53 Å². The van der Waals surface area contributed by atoms with E-state index in [1.165, 1.54) is 0 Å². The second-order valence-electron chi connectivity index (χ2n) is 4.23. The van der Waals surface area contributed by atoms with E-state index in [2.05, 4.69) is 17.5 Å². The number of allylic oxidation sites excluding steroid dienone is 2. The molecular formula is C14H17NO2. The van der Waals surface area contributed by atoms with Crippen LogP contribution in [0.15, 0.2) is 42.5 Å². The smallest absolute Gasteiger partial charge is 0.410 e. The molecule has 0 fully saturated rings. The minimum atomic E-state index is -0.370. The molecule has 3 nitrogen and oxygen atoms in total. The van der Waals surface area contributed by atoms with Gasteiger partial charge in [0.15, 0.2) is 0 Å². The van der Waals surface area contributed by atoms with Gasteiger partial charge in [0.25, 0.3) is 0 Å². The van der Waals surface area contributed by atoms with Crippen LogP contribution in [-0.4, -0.2) is 12.6 Å². The van der Waals surface area contributed by atoms with Crippen LogP contribution in [0.25, 0.3) is 0 Å². The zero-order valence-electron chi connectivity index (χ0n) is 9.76. The highest BCUT2D eigenvalue weighted by molar-refractivity contribution is 5.70. The van der Waals surface area contributed by atoms with E-state index >= 15 is 0 Å². The zero-order valence-corrected chi connectivity index (χ0v) is 9.76. The molecule has 17 heavy (non-hydrogen) atoms. The van der Waals surface area contributed by atoms with E-state index < -0.39 is 0 Å². The molecule has 0 spiro atoms. The van der Waals surface area contributed by atoms with Crippen LogP contribution in [0, 0.1) is 5.92 Å². The van der Waals surface area contributed by atoms with Gasteiger partial charge in [0, 0.05) is 6.54 Å². The van der Waals surface area contributed by atoms with Gasteiger partial charge in [0.2, 0.25) is 0 Å². The van der Waals surface area contributed by atoms with Crippen LogP contribution in [0.2, 0.25) is 0 Å². The summed E-state index contributed by atoms with van der Waals surface area (Å²) in [7, 11) is 0. The predicted octanol–water partition coefficient (Wildman–Crippen LogP) is 3.13. The molecule has 0 aromatic heterocycles. The fourth-order valence-corrected chi connectivity index (χ4v) is 1.90. The summed E-state index contributed by atoms with van der Waals surface area (Å²) in [5.74, 6) is 1.12. The van der Waals surface area contributed by atoms with Crippen molar-refractivity contribution in [3.63, 3.8) is 0 Å². The van der Waals surface area contributed by atoms with E-state index in [-0.39, 0.29) is 6.09 Å². The van der Waals surface area contributed by atoms with Crippen LogP contribution in [-0.2, 0) is 0 Å². The molecule has 0 heterocycles. The van der Waals surface area contributed by atoms with Crippen molar-refractivity contribution in [2.45, 2.75) is 19.3 Å². The Balaban J connectivity index is 1.72. The average Bonchev–Trinajstić information content (AvgIpc) is 2.39. The molecule has 1 unspecified atom stereocenters. The molecular weight excluding hydrogens is 214 g/mol. The third-order valence-electron chi connectivity index (χ3n) is 2.87. The van der Waals surface area contributed by atoms with E-state index in [1.54, 1.807) is 12.1 Å². The molecule has 1 aromatic rings. The minimum Gasteiger partial charge on any atom is -0.410 e. The van der Waals surface area contributed by atoms with Gasteiger partial charge in [-0.3, -0.25) is 0 Å². The molecule has 0 aliphatic heterocycles. The van der Waals surface area contributed by atoms with E-state index in [9.17, 15) is 4.79 Å². The third kappa shape index (κ3) is 3.94. The number of benzene rings is 1. The number of hydrogen-bond donors (Lipinski definition) is 1. The van der Waals surface area contributed by atoms with Gasteiger partial charge in [0.1, 0.15) is 5.75 Å². The highest BCUT2D eigenvalue weighted by Gasteiger charge is 2.11. The van der Waals surface area contributed by atoms with E-state index in [0.29, 0.717) is 18.2 Å². The number of nitrogens with one attached hydrogen (secondary N) is 1. The molecule has 90 valence electrons. The van der Waals surface area contributed by atoms with Crippen molar-refractivity contribution in [2.75, 3.05) is 6.54 Å². The van der Waals surface area contributed by atoms with Gasteiger partial charge in [-0.1, -0.05) is 30.4 Å². The summed E-state index contributed by atoms with van der Waals surface area (Å²) in [6.45, 7) is 0.690. The third-order valence-corrected chi connectivity index (χ3v) is 2.87. The highest BCUT2D eigenvalue weighted by Crippen LogP contribution is 2.17. The van der Waals surface area contributed by atoms with Crippen molar-refractivity contribution in [3.8, 4) is 5.75 Å². The normalized spacial score (nSPS) is 18.7. The van der Waals surface area contributed by atoms with Gasteiger partial charge >= 0.3 is 6.09 Å². The number of hydrogen-bond acceptors (Lipinski definition) is 2. The molecule has 1 aromatic carbocycles. The Morgan fingerprint density at radius 3 is 2.82 bits per heavy atom. The number of carbonyl (C=O) groups excluding carboxylic acids is 1. The second kappa shape index (κ2) is 6.09.